The van der Waals surface area contributed by atoms with Crippen molar-refractivity contribution in [2.75, 3.05) is 10.2 Å². The summed E-state index contributed by atoms with van der Waals surface area (Å²) in [6.45, 7) is 0.529. The summed E-state index contributed by atoms with van der Waals surface area (Å²) >= 11 is 11.9. The van der Waals surface area contributed by atoms with Crippen LogP contribution < -0.4 is 10.2 Å². The highest BCUT2D eigenvalue weighted by molar-refractivity contribution is 6.42. The van der Waals surface area contributed by atoms with Gasteiger partial charge < -0.3 is 10.2 Å². The largest absolute Gasteiger partial charge is 0.322 e. The number of benzene rings is 3. The maximum atomic E-state index is 12.5. The molecule has 2 amide bonds. The van der Waals surface area contributed by atoms with Crippen LogP contribution in [0.5, 0.6) is 0 Å². The van der Waals surface area contributed by atoms with Crippen LogP contribution in [0, 0.1) is 0 Å². The van der Waals surface area contributed by atoms with Gasteiger partial charge in [-0.1, -0.05) is 53.5 Å². The zero-order chi connectivity index (χ0) is 20.4. The second-order valence-electron chi connectivity index (χ2n) is 6.89. The van der Waals surface area contributed by atoms with Crippen LogP contribution in [-0.4, -0.2) is 11.8 Å². The van der Waals surface area contributed by atoms with Crippen molar-refractivity contribution in [3.63, 3.8) is 0 Å². The lowest BCUT2D eigenvalue weighted by Gasteiger charge is -2.30. The van der Waals surface area contributed by atoms with Crippen molar-refractivity contribution in [1.82, 2.24) is 0 Å². The van der Waals surface area contributed by atoms with Crippen LogP contribution in [0.2, 0.25) is 10.0 Å². The lowest BCUT2D eigenvalue weighted by Crippen LogP contribution is -2.34. The van der Waals surface area contributed by atoms with Gasteiger partial charge in [-0.3, -0.25) is 9.59 Å². The van der Waals surface area contributed by atoms with Gasteiger partial charge >= 0.3 is 0 Å². The summed E-state index contributed by atoms with van der Waals surface area (Å²) in [5, 5.41) is 3.62. The van der Waals surface area contributed by atoms with E-state index in [9.17, 15) is 9.59 Å². The minimum absolute atomic E-state index is 0.106. The topological polar surface area (TPSA) is 49.4 Å². The minimum atomic E-state index is -0.267. The van der Waals surface area contributed by atoms with Gasteiger partial charge in [0.15, 0.2) is 0 Å². The minimum Gasteiger partial charge on any atom is -0.322 e. The first-order valence-corrected chi connectivity index (χ1v) is 10.0. The van der Waals surface area contributed by atoms with E-state index in [0.717, 1.165) is 16.8 Å². The van der Waals surface area contributed by atoms with Crippen molar-refractivity contribution >= 4 is 46.4 Å². The van der Waals surface area contributed by atoms with Crippen LogP contribution >= 0.6 is 23.2 Å². The number of carbonyl (C=O) groups excluding carboxylic acids is 2. The first-order valence-electron chi connectivity index (χ1n) is 9.25. The van der Waals surface area contributed by atoms with Gasteiger partial charge in [-0.15, -0.1) is 0 Å². The van der Waals surface area contributed by atoms with E-state index < -0.39 is 0 Å². The van der Waals surface area contributed by atoms with E-state index in [0.29, 0.717) is 40.7 Å². The van der Waals surface area contributed by atoms with Crippen LogP contribution in [0.25, 0.3) is 0 Å². The quantitative estimate of drug-likeness (QED) is 0.581. The number of amides is 2. The number of hydrogen-bond donors (Lipinski definition) is 1. The van der Waals surface area contributed by atoms with Gasteiger partial charge in [0.2, 0.25) is 5.91 Å². The standard InChI is InChI=1S/C23H18Cl2N2O2/c24-19-9-6-17(13-20(19)25)23(29)26-18-8-10-21-16(12-18)7-11-22(28)27(21)14-15-4-2-1-3-5-15/h1-6,8-10,12-13H,7,11,14H2,(H,26,29). The first-order chi connectivity index (χ1) is 14.0. The molecule has 3 aromatic carbocycles. The number of hydrogen-bond acceptors (Lipinski definition) is 2. The Kier molecular flexibility index (Phi) is 5.56. The molecule has 0 spiro atoms. The molecule has 3 aromatic rings. The Morgan fingerprint density at radius 3 is 2.48 bits per heavy atom. The molecule has 0 aromatic heterocycles. The maximum Gasteiger partial charge on any atom is 0.255 e. The summed E-state index contributed by atoms with van der Waals surface area (Å²) in [6.07, 6.45) is 1.10. The summed E-state index contributed by atoms with van der Waals surface area (Å²) in [7, 11) is 0. The van der Waals surface area contributed by atoms with Crippen molar-refractivity contribution in [2.24, 2.45) is 0 Å². The summed E-state index contributed by atoms with van der Waals surface area (Å²) in [5.74, 6) is -0.162. The molecule has 0 aliphatic carbocycles. The van der Waals surface area contributed by atoms with Crippen LogP contribution in [0.15, 0.2) is 66.7 Å². The Hall–Kier alpha value is -2.82. The third-order valence-corrected chi connectivity index (χ3v) is 5.64. The van der Waals surface area contributed by atoms with Crippen LogP contribution in [0.4, 0.5) is 11.4 Å². The number of nitrogens with zero attached hydrogens (tertiary/aromatic N) is 1. The number of anilines is 2. The van der Waals surface area contributed by atoms with E-state index in [4.69, 9.17) is 23.2 Å². The van der Waals surface area contributed by atoms with E-state index in [1.807, 2.05) is 48.5 Å². The van der Waals surface area contributed by atoms with Gasteiger partial charge in [0.1, 0.15) is 0 Å². The van der Waals surface area contributed by atoms with Gasteiger partial charge in [-0.2, -0.15) is 0 Å². The maximum absolute atomic E-state index is 12.5. The van der Waals surface area contributed by atoms with E-state index >= 15 is 0 Å². The number of nitrogens with one attached hydrogen (secondary N) is 1. The van der Waals surface area contributed by atoms with Gasteiger partial charge in [-0.25, -0.2) is 0 Å². The van der Waals surface area contributed by atoms with Crippen LogP contribution in [0.1, 0.15) is 27.9 Å². The second kappa shape index (κ2) is 8.27. The predicted octanol–water partition coefficient (Wildman–Crippen LogP) is 5.73. The third-order valence-electron chi connectivity index (χ3n) is 4.90. The Balaban J connectivity index is 1.55. The zero-order valence-corrected chi connectivity index (χ0v) is 17.0. The smallest absolute Gasteiger partial charge is 0.255 e. The highest BCUT2D eigenvalue weighted by atomic mass is 35.5. The summed E-state index contributed by atoms with van der Waals surface area (Å²) in [4.78, 5) is 26.8. The third kappa shape index (κ3) is 4.29. The van der Waals surface area contributed by atoms with E-state index in [1.165, 1.54) is 6.07 Å². The Morgan fingerprint density at radius 2 is 1.72 bits per heavy atom. The van der Waals surface area contributed by atoms with Crippen molar-refractivity contribution in [3.05, 3.63) is 93.5 Å². The SMILES string of the molecule is O=C(Nc1ccc2c(c1)CCC(=O)N2Cc1ccccc1)c1ccc(Cl)c(Cl)c1. The fraction of sp³-hybridized carbons (Fsp3) is 0.130. The molecular weight excluding hydrogens is 407 g/mol. The highest BCUT2D eigenvalue weighted by Gasteiger charge is 2.24. The fourth-order valence-corrected chi connectivity index (χ4v) is 3.72. The summed E-state index contributed by atoms with van der Waals surface area (Å²) < 4.78 is 0. The number of halogens is 2. The molecule has 0 saturated heterocycles. The lowest BCUT2D eigenvalue weighted by molar-refractivity contribution is -0.119. The molecule has 146 valence electrons. The van der Waals surface area contributed by atoms with Crippen molar-refractivity contribution in [3.8, 4) is 0 Å². The average Bonchev–Trinajstić information content (AvgIpc) is 2.73. The molecule has 4 nitrogen and oxygen atoms in total. The van der Waals surface area contributed by atoms with Crippen molar-refractivity contribution in [1.29, 1.82) is 0 Å². The Morgan fingerprint density at radius 1 is 0.931 bits per heavy atom. The molecule has 1 N–H and O–H groups in total. The molecule has 1 aliphatic rings. The number of aryl methyl sites for hydroxylation is 1. The van der Waals surface area contributed by atoms with Crippen LogP contribution in [-0.2, 0) is 17.8 Å². The summed E-state index contributed by atoms with van der Waals surface area (Å²) in [6, 6.07) is 20.3. The first kappa shape index (κ1) is 19.5. The number of carbonyl (C=O) groups is 2. The molecule has 6 heteroatoms. The molecule has 1 heterocycles. The molecular formula is C23H18Cl2N2O2. The molecule has 0 bridgehead atoms. The highest BCUT2D eigenvalue weighted by Crippen LogP contribution is 2.32. The second-order valence-corrected chi connectivity index (χ2v) is 7.71. The molecule has 0 radical (unpaired) electrons. The monoisotopic (exact) mass is 424 g/mol. The van der Waals surface area contributed by atoms with Crippen molar-refractivity contribution in [2.45, 2.75) is 19.4 Å². The van der Waals surface area contributed by atoms with Gasteiger partial charge in [0.25, 0.3) is 5.91 Å². The van der Waals surface area contributed by atoms with Crippen molar-refractivity contribution < 1.29 is 9.59 Å². The zero-order valence-electron chi connectivity index (χ0n) is 15.5. The van der Waals surface area contributed by atoms with E-state index in [1.54, 1.807) is 17.0 Å². The van der Waals surface area contributed by atoms with E-state index in [-0.39, 0.29) is 11.8 Å². The molecule has 29 heavy (non-hydrogen) atoms. The average molecular weight is 425 g/mol. The van der Waals surface area contributed by atoms with E-state index in [2.05, 4.69) is 5.32 Å². The molecule has 0 unspecified atom stereocenters. The Labute approximate surface area is 179 Å². The van der Waals surface area contributed by atoms with Gasteiger partial charge in [0.05, 0.1) is 16.6 Å². The molecule has 1 aliphatic heterocycles. The summed E-state index contributed by atoms with van der Waals surface area (Å²) in [5.41, 5.74) is 4.10. The molecule has 0 fully saturated rings. The van der Waals surface area contributed by atoms with Crippen LogP contribution in [0.3, 0.4) is 0 Å². The predicted molar refractivity (Wildman–Crippen MR) is 117 cm³/mol. The molecule has 0 saturated carbocycles. The lowest BCUT2D eigenvalue weighted by atomic mass is 9.99. The van der Waals surface area contributed by atoms with Gasteiger partial charge in [0, 0.05) is 23.4 Å². The number of fused-ring (bicyclic) bond motifs is 1. The number of rotatable bonds is 4. The normalized spacial score (nSPS) is 13.2. The molecule has 0 atom stereocenters. The van der Waals surface area contributed by atoms with Gasteiger partial charge in [-0.05, 0) is 53.9 Å². The molecule has 4 rings (SSSR count). The fourth-order valence-electron chi connectivity index (χ4n) is 3.42. The Bertz CT molecular complexity index is 1080.